The van der Waals surface area contributed by atoms with Crippen molar-refractivity contribution in [3.8, 4) is 11.5 Å². The zero-order valence-electron chi connectivity index (χ0n) is 14.7. The number of methoxy groups -OCH3 is 2. The van der Waals surface area contributed by atoms with Gasteiger partial charge in [-0.2, -0.15) is 0 Å². The van der Waals surface area contributed by atoms with Gasteiger partial charge in [-0.05, 0) is 0 Å². The summed E-state index contributed by atoms with van der Waals surface area (Å²) in [5.74, 6) is 1.78. The SMILES string of the molecule is COc1ccc(/C=C/C=C2\[Se]C=C(/C=C/c3ccc(OC)cc3)[Se]2)cc1. The summed E-state index contributed by atoms with van der Waals surface area (Å²) in [4.78, 5) is 2.39. The van der Waals surface area contributed by atoms with Crippen molar-refractivity contribution in [2.24, 2.45) is 0 Å². The minimum absolute atomic E-state index is 0.438. The fraction of sp³-hybridized carbons (Fsp3) is 0.0909. The van der Waals surface area contributed by atoms with Gasteiger partial charge in [0.25, 0.3) is 0 Å². The van der Waals surface area contributed by atoms with Crippen molar-refractivity contribution in [1.82, 2.24) is 0 Å². The second-order valence-electron chi connectivity index (χ2n) is 5.46. The minimum atomic E-state index is 0.438. The second-order valence-corrected chi connectivity index (χ2v) is 11.0. The number of rotatable bonds is 6. The van der Waals surface area contributed by atoms with Gasteiger partial charge in [0.2, 0.25) is 0 Å². The molecule has 1 heterocycles. The van der Waals surface area contributed by atoms with Crippen LogP contribution in [0.2, 0.25) is 0 Å². The molecule has 1 aliphatic heterocycles. The van der Waals surface area contributed by atoms with Crippen LogP contribution in [0.4, 0.5) is 0 Å². The van der Waals surface area contributed by atoms with Crippen LogP contribution in [0.5, 0.6) is 11.5 Å². The van der Waals surface area contributed by atoms with Crippen molar-refractivity contribution >= 4 is 42.1 Å². The zero-order chi connectivity index (χ0) is 18.2. The third-order valence-corrected chi connectivity index (χ3v) is 9.70. The van der Waals surface area contributed by atoms with E-state index >= 15 is 0 Å². The molecule has 0 fully saturated rings. The third kappa shape index (κ3) is 5.52. The van der Waals surface area contributed by atoms with E-state index in [0.29, 0.717) is 29.9 Å². The van der Waals surface area contributed by atoms with Gasteiger partial charge in [0.1, 0.15) is 0 Å². The molecule has 0 aliphatic carbocycles. The Bertz CT molecular complexity index is 845. The number of hydrogen-bond acceptors (Lipinski definition) is 2. The van der Waals surface area contributed by atoms with Crippen LogP contribution >= 0.6 is 0 Å². The summed E-state index contributed by atoms with van der Waals surface area (Å²) in [6, 6.07) is 16.3. The number of benzene rings is 2. The van der Waals surface area contributed by atoms with Gasteiger partial charge in [-0.1, -0.05) is 0 Å². The Labute approximate surface area is 167 Å². The molecular formula is C22H20O2Se2. The summed E-state index contributed by atoms with van der Waals surface area (Å²) in [6.07, 6.45) is 11.0. The Morgan fingerprint density at radius 3 is 1.88 bits per heavy atom. The van der Waals surface area contributed by atoms with Gasteiger partial charge in [0.05, 0.1) is 0 Å². The van der Waals surface area contributed by atoms with E-state index in [1.165, 1.54) is 15.6 Å². The van der Waals surface area contributed by atoms with E-state index in [1.807, 2.05) is 24.3 Å². The van der Waals surface area contributed by atoms with Crippen LogP contribution in [-0.4, -0.2) is 44.1 Å². The van der Waals surface area contributed by atoms with E-state index in [1.54, 1.807) is 17.6 Å². The monoisotopic (exact) mass is 476 g/mol. The molecule has 0 atom stereocenters. The standard InChI is InChI=1S/C22H20O2Se2/c1-23-19-11-6-17(7-12-19)4-3-5-22-25-16-21(26-22)15-10-18-8-13-20(24-2)14-9-18/h3-16H,1-2H3/b4-3+,15-10+,22-5+. The van der Waals surface area contributed by atoms with Crippen molar-refractivity contribution in [3.05, 3.63) is 90.7 Å². The summed E-state index contributed by atoms with van der Waals surface area (Å²) < 4.78 is 13.4. The molecule has 0 spiro atoms. The van der Waals surface area contributed by atoms with E-state index < -0.39 is 0 Å². The molecule has 0 saturated heterocycles. The Balaban J connectivity index is 1.54. The van der Waals surface area contributed by atoms with Crippen molar-refractivity contribution in [2.75, 3.05) is 14.2 Å². The molecule has 0 radical (unpaired) electrons. The van der Waals surface area contributed by atoms with Crippen molar-refractivity contribution in [3.63, 3.8) is 0 Å². The van der Waals surface area contributed by atoms with Crippen molar-refractivity contribution < 1.29 is 9.47 Å². The van der Waals surface area contributed by atoms with Gasteiger partial charge < -0.3 is 0 Å². The van der Waals surface area contributed by atoms with Crippen molar-refractivity contribution in [1.29, 1.82) is 0 Å². The quantitative estimate of drug-likeness (QED) is 0.573. The Hall–Kier alpha value is -1.96. The fourth-order valence-electron chi connectivity index (χ4n) is 2.27. The topological polar surface area (TPSA) is 18.5 Å². The molecule has 3 rings (SSSR count). The number of hydrogen-bond donors (Lipinski definition) is 0. The van der Waals surface area contributed by atoms with Crippen LogP contribution in [0.15, 0.2) is 79.6 Å². The summed E-state index contributed by atoms with van der Waals surface area (Å²) in [7, 11) is 3.38. The second kappa shape index (κ2) is 9.66. The number of ether oxygens (including phenoxy) is 2. The number of allylic oxidation sites excluding steroid dienone is 4. The van der Waals surface area contributed by atoms with Gasteiger partial charge in [0.15, 0.2) is 0 Å². The molecule has 2 nitrogen and oxygen atoms in total. The summed E-state index contributed by atoms with van der Waals surface area (Å²) >= 11 is 0.914. The maximum atomic E-state index is 5.19. The first-order chi connectivity index (χ1) is 12.8. The normalized spacial score (nSPS) is 15.8. The Morgan fingerprint density at radius 1 is 0.731 bits per heavy atom. The molecule has 26 heavy (non-hydrogen) atoms. The van der Waals surface area contributed by atoms with Crippen LogP contribution in [0.25, 0.3) is 12.2 Å². The molecule has 1 aliphatic rings. The molecule has 0 unspecified atom stereocenters. The predicted molar refractivity (Wildman–Crippen MR) is 112 cm³/mol. The average Bonchev–Trinajstić information content (AvgIpc) is 3.15. The van der Waals surface area contributed by atoms with E-state index in [0.717, 1.165) is 11.5 Å². The molecule has 2 aromatic carbocycles. The van der Waals surface area contributed by atoms with E-state index in [4.69, 9.17) is 9.47 Å². The molecule has 132 valence electrons. The molecule has 0 bridgehead atoms. The van der Waals surface area contributed by atoms with Crippen LogP contribution in [0.3, 0.4) is 0 Å². The first-order valence-corrected chi connectivity index (χ1v) is 11.7. The van der Waals surface area contributed by atoms with Gasteiger partial charge in [-0.15, -0.1) is 0 Å². The molecule has 0 saturated carbocycles. The first kappa shape index (κ1) is 18.8. The van der Waals surface area contributed by atoms with Crippen LogP contribution in [0, 0.1) is 0 Å². The molecule has 0 N–H and O–H groups in total. The van der Waals surface area contributed by atoms with Crippen LogP contribution in [-0.2, 0) is 0 Å². The Morgan fingerprint density at radius 2 is 1.31 bits per heavy atom. The van der Waals surface area contributed by atoms with Gasteiger partial charge >= 0.3 is 168 Å². The third-order valence-electron chi connectivity index (χ3n) is 3.70. The Kier molecular flexibility index (Phi) is 6.99. The molecule has 4 heteroatoms. The molecule has 0 aromatic heterocycles. The predicted octanol–water partition coefficient (Wildman–Crippen LogP) is 4.54. The van der Waals surface area contributed by atoms with Crippen molar-refractivity contribution in [2.45, 2.75) is 0 Å². The average molecular weight is 474 g/mol. The van der Waals surface area contributed by atoms with Crippen LogP contribution in [0.1, 0.15) is 11.1 Å². The van der Waals surface area contributed by atoms with E-state index in [2.05, 4.69) is 59.6 Å². The molecule has 2 aromatic rings. The summed E-state index contributed by atoms with van der Waals surface area (Å²) in [5.41, 5.74) is 2.39. The fourth-order valence-corrected chi connectivity index (χ4v) is 7.68. The zero-order valence-corrected chi connectivity index (χ0v) is 18.1. The van der Waals surface area contributed by atoms with Gasteiger partial charge in [-0.3, -0.25) is 0 Å². The summed E-state index contributed by atoms with van der Waals surface area (Å²) in [5, 5.41) is 0. The molecule has 0 amide bonds. The maximum absolute atomic E-state index is 5.19. The van der Waals surface area contributed by atoms with Gasteiger partial charge in [-0.25, -0.2) is 0 Å². The van der Waals surface area contributed by atoms with Crippen LogP contribution < -0.4 is 9.47 Å². The van der Waals surface area contributed by atoms with E-state index in [9.17, 15) is 0 Å². The van der Waals surface area contributed by atoms with Gasteiger partial charge in [0, 0.05) is 0 Å². The molecular weight excluding hydrogens is 454 g/mol. The summed E-state index contributed by atoms with van der Waals surface area (Å²) in [6.45, 7) is 0. The first-order valence-electron chi connectivity index (χ1n) is 8.16. The van der Waals surface area contributed by atoms with E-state index in [-0.39, 0.29) is 0 Å².